The first-order valence-corrected chi connectivity index (χ1v) is 8.94. The maximum absolute atomic E-state index is 12.8. The molecule has 1 heterocycles. The molecular weight excluding hydrogens is 368 g/mol. The summed E-state index contributed by atoms with van der Waals surface area (Å²) in [6.07, 6.45) is 1.93. The van der Waals surface area contributed by atoms with Crippen molar-refractivity contribution in [3.8, 4) is 5.75 Å². The number of ether oxygens (including phenoxy) is 1. The van der Waals surface area contributed by atoms with Gasteiger partial charge in [-0.1, -0.05) is 40.2 Å². The van der Waals surface area contributed by atoms with E-state index >= 15 is 0 Å². The summed E-state index contributed by atoms with van der Waals surface area (Å²) in [6.45, 7) is 1.79. The molecule has 1 aliphatic heterocycles. The van der Waals surface area contributed by atoms with Gasteiger partial charge in [-0.3, -0.25) is 4.79 Å². The second-order valence-corrected chi connectivity index (χ2v) is 6.98. The molecule has 24 heavy (non-hydrogen) atoms. The zero-order valence-corrected chi connectivity index (χ0v) is 15.0. The van der Waals surface area contributed by atoms with E-state index in [0.29, 0.717) is 24.5 Å². The van der Waals surface area contributed by atoms with E-state index in [9.17, 15) is 4.79 Å². The number of para-hydroxylation sites is 1. The van der Waals surface area contributed by atoms with Gasteiger partial charge in [-0.05, 0) is 42.7 Å². The fourth-order valence-corrected chi connectivity index (χ4v) is 3.37. The number of nitrogens with zero attached hydrogens (tertiary/aromatic N) is 1. The van der Waals surface area contributed by atoms with Crippen LogP contribution in [0.25, 0.3) is 0 Å². The third-order valence-electron chi connectivity index (χ3n) is 4.15. The van der Waals surface area contributed by atoms with E-state index in [1.54, 1.807) is 0 Å². The van der Waals surface area contributed by atoms with E-state index in [4.69, 9.17) is 10.5 Å². The van der Waals surface area contributed by atoms with Crippen molar-refractivity contribution in [2.75, 3.05) is 13.1 Å². The minimum absolute atomic E-state index is 0.00464. The van der Waals surface area contributed by atoms with Gasteiger partial charge in [0.05, 0.1) is 5.56 Å². The van der Waals surface area contributed by atoms with Crippen LogP contribution in [0, 0.1) is 0 Å². The molecule has 126 valence electrons. The van der Waals surface area contributed by atoms with Crippen molar-refractivity contribution in [2.24, 2.45) is 5.73 Å². The van der Waals surface area contributed by atoms with Crippen molar-refractivity contribution in [2.45, 2.75) is 25.5 Å². The molecule has 1 unspecified atom stereocenters. The molecule has 0 aromatic heterocycles. The Morgan fingerprint density at radius 3 is 2.88 bits per heavy atom. The van der Waals surface area contributed by atoms with Gasteiger partial charge in [-0.2, -0.15) is 0 Å². The van der Waals surface area contributed by atoms with Crippen LogP contribution in [0.2, 0.25) is 0 Å². The van der Waals surface area contributed by atoms with Crippen LogP contribution in [0.3, 0.4) is 0 Å². The third-order valence-corrected chi connectivity index (χ3v) is 4.64. The number of benzene rings is 2. The maximum atomic E-state index is 12.8. The summed E-state index contributed by atoms with van der Waals surface area (Å²) < 4.78 is 6.93. The van der Waals surface area contributed by atoms with Crippen LogP contribution in [0.1, 0.15) is 28.8 Å². The van der Waals surface area contributed by atoms with Gasteiger partial charge in [0.2, 0.25) is 0 Å². The van der Waals surface area contributed by atoms with Crippen LogP contribution in [0.5, 0.6) is 5.75 Å². The van der Waals surface area contributed by atoms with Crippen molar-refractivity contribution in [3.05, 3.63) is 64.1 Å². The zero-order chi connectivity index (χ0) is 16.9. The van der Waals surface area contributed by atoms with Crippen LogP contribution in [-0.4, -0.2) is 29.9 Å². The average Bonchev–Trinajstić information content (AvgIpc) is 2.60. The van der Waals surface area contributed by atoms with Gasteiger partial charge < -0.3 is 15.4 Å². The number of carbonyl (C=O) groups is 1. The number of amides is 1. The average molecular weight is 389 g/mol. The Hall–Kier alpha value is -1.85. The Kier molecular flexibility index (Phi) is 5.53. The first kappa shape index (κ1) is 17.0. The number of carbonyl (C=O) groups excluding carboxylic acids is 1. The number of likely N-dealkylation sites (tertiary alicyclic amines) is 1. The molecule has 1 saturated heterocycles. The topological polar surface area (TPSA) is 55.6 Å². The highest BCUT2D eigenvalue weighted by atomic mass is 79.9. The molecule has 0 spiro atoms. The zero-order valence-electron chi connectivity index (χ0n) is 13.5. The molecule has 2 aromatic rings. The lowest BCUT2D eigenvalue weighted by atomic mass is 10.0. The van der Waals surface area contributed by atoms with E-state index in [-0.39, 0.29) is 11.9 Å². The molecule has 3 rings (SSSR count). The lowest BCUT2D eigenvalue weighted by Crippen LogP contribution is -2.45. The van der Waals surface area contributed by atoms with E-state index in [1.165, 1.54) is 0 Å². The van der Waals surface area contributed by atoms with Gasteiger partial charge in [0.1, 0.15) is 12.4 Å². The fraction of sp³-hybridized carbons (Fsp3) is 0.316. The van der Waals surface area contributed by atoms with Crippen molar-refractivity contribution in [3.63, 3.8) is 0 Å². The Morgan fingerprint density at radius 1 is 1.25 bits per heavy atom. The minimum atomic E-state index is -0.00464. The van der Waals surface area contributed by atoms with E-state index in [1.807, 2.05) is 53.4 Å². The van der Waals surface area contributed by atoms with Crippen molar-refractivity contribution >= 4 is 21.8 Å². The normalized spacial score (nSPS) is 17.6. The van der Waals surface area contributed by atoms with Crippen LogP contribution in [0.4, 0.5) is 0 Å². The fourth-order valence-electron chi connectivity index (χ4n) is 2.92. The number of nitrogens with two attached hydrogens (primary N) is 1. The molecule has 2 aromatic carbocycles. The highest BCUT2D eigenvalue weighted by Crippen LogP contribution is 2.23. The number of hydrogen-bond donors (Lipinski definition) is 1. The van der Waals surface area contributed by atoms with Crippen molar-refractivity contribution in [1.29, 1.82) is 0 Å². The molecule has 0 radical (unpaired) electrons. The van der Waals surface area contributed by atoms with Crippen molar-refractivity contribution in [1.82, 2.24) is 4.90 Å². The summed E-state index contributed by atoms with van der Waals surface area (Å²) >= 11 is 3.46. The van der Waals surface area contributed by atoms with Gasteiger partial charge in [0, 0.05) is 23.6 Å². The molecule has 0 saturated carbocycles. The monoisotopic (exact) mass is 388 g/mol. The van der Waals surface area contributed by atoms with Crippen LogP contribution in [0.15, 0.2) is 53.0 Å². The lowest BCUT2D eigenvalue weighted by Gasteiger charge is -2.31. The van der Waals surface area contributed by atoms with Gasteiger partial charge in [0.15, 0.2) is 0 Å². The Balaban J connectivity index is 1.74. The van der Waals surface area contributed by atoms with Gasteiger partial charge in [-0.15, -0.1) is 0 Å². The summed E-state index contributed by atoms with van der Waals surface area (Å²) in [5, 5.41) is 0. The van der Waals surface area contributed by atoms with Gasteiger partial charge >= 0.3 is 0 Å². The number of halogens is 1. The SMILES string of the molecule is NC1CCCN(C(=O)c2ccccc2OCc2cccc(Br)c2)C1. The minimum Gasteiger partial charge on any atom is -0.488 e. The van der Waals surface area contributed by atoms with E-state index in [2.05, 4.69) is 15.9 Å². The first-order chi connectivity index (χ1) is 11.6. The number of rotatable bonds is 4. The quantitative estimate of drug-likeness (QED) is 0.870. The predicted molar refractivity (Wildman–Crippen MR) is 98.0 cm³/mol. The van der Waals surface area contributed by atoms with Crippen molar-refractivity contribution < 1.29 is 9.53 Å². The summed E-state index contributed by atoms with van der Waals surface area (Å²) in [7, 11) is 0. The Labute approximate surface area is 150 Å². The number of piperidine rings is 1. The highest BCUT2D eigenvalue weighted by Gasteiger charge is 2.24. The molecule has 0 bridgehead atoms. The van der Waals surface area contributed by atoms with Crippen LogP contribution in [-0.2, 0) is 6.61 Å². The molecule has 5 heteroatoms. The van der Waals surface area contributed by atoms with E-state index in [0.717, 1.165) is 29.4 Å². The molecule has 1 atom stereocenters. The molecule has 0 aliphatic carbocycles. The molecule has 1 fully saturated rings. The van der Waals surface area contributed by atoms with Gasteiger partial charge in [0.25, 0.3) is 5.91 Å². The highest BCUT2D eigenvalue weighted by molar-refractivity contribution is 9.10. The molecule has 2 N–H and O–H groups in total. The Morgan fingerprint density at radius 2 is 2.08 bits per heavy atom. The second-order valence-electron chi connectivity index (χ2n) is 6.07. The molecular formula is C19H21BrN2O2. The molecule has 1 amide bonds. The maximum Gasteiger partial charge on any atom is 0.257 e. The van der Waals surface area contributed by atoms with Crippen LogP contribution >= 0.6 is 15.9 Å². The summed E-state index contributed by atoms with van der Waals surface area (Å²) in [5.74, 6) is 0.608. The standard InChI is InChI=1S/C19H21BrN2O2/c20-15-6-3-5-14(11-15)13-24-18-9-2-1-8-17(18)19(23)22-10-4-7-16(21)12-22/h1-3,5-6,8-9,11,16H,4,7,10,12-13,21H2. The molecule has 1 aliphatic rings. The summed E-state index contributed by atoms with van der Waals surface area (Å²) in [5.41, 5.74) is 7.64. The largest absolute Gasteiger partial charge is 0.488 e. The second kappa shape index (κ2) is 7.81. The van der Waals surface area contributed by atoms with Crippen LogP contribution < -0.4 is 10.5 Å². The number of hydrogen-bond acceptors (Lipinski definition) is 3. The Bertz CT molecular complexity index is 720. The van der Waals surface area contributed by atoms with E-state index < -0.39 is 0 Å². The van der Waals surface area contributed by atoms with Gasteiger partial charge in [-0.25, -0.2) is 0 Å². The molecule has 4 nitrogen and oxygen atoms in total. The third kappa shape index (κ3) is 4.16. The first-order valence-electron chi connectivity index (χ1n) is 8.14. The smallest absolute Gasteiger partial charge is 0.257 e. The predicted octanol–water partition coefficient (Wildman–Crippen LogP) is 3.59. The summed E-state index contributed by atoms with van der Waals surface area (Å²) in [6, 6.07) is 15.4. The lowest BCUT2D eigenvalue weighted by molar-refractivity contribution is 0.0704. The summed E-state index contributed by atoms with van der Waals surface area (Å²) in [4.78, 5) is 14.6.